The number of aryl methyl sites for hydroxylation is 2. The summed E-state index contributed by atoms with van der Waals surface area (Å²) in [5, 5.41) is -0.426. The molecule has 0 aliphatic heterocycles. The van der Waals surface area contributed by atoms with Gasteiger partial charge in [0, 0.05) is 11.3 Å². The predicted molar refractivity (Wildman–Crippen MR) is 50.5 cm³/mol. The minimum absolute atomic E-state index is 0.426. The van der Waals surface area contributed by atoms with Crippen LogP contribution in [-0.2, 0) is 0 Å². The molecule has 0 saturated carbocycles. The third-order valence-electron chi connectivity index (χ3n) is 1.75. The molecular formula is C9H10ClNO. The van der Waals surface area contributed by atoms with Crippen LogP contribution in [0.1, 0.15) is 21.5 Å². The van der Waals surface area contributed by atoms with E-state index >= 15 is 0 Å². The van der Waals surface area contributed by atoms with Gasteiger partial charge in [-0.3, -0.25) is 4.79 Å². The molecule has 0 bridgehead atoms. The first-order valence-corrected chi connectivity index (χ1v) is 3.96. The Hall–Kier alpha value is -1.02. The molecule has 0 aromatic heterocycles. The molecule has 1 aromatic rings. The van der Waals surface area contributed by atoms with Crippen LogP contribution in [0.4, 0.5) is 5.69 Å². The number of anilines is 1. The molecule has 0 fully saturated rings. The highest BCUT2D eigenvalue weighted by Crippen LogP contribution is 2.19. The molecule has 0 spiro atoms. The summed E-state index contributed by atoms with van der Waals surface area (Å²) in [4.78, 5) is 10.9. The molecule has 1 aromatic carbocycles. The molecule has 3 heteroatoms. The average molecular weight is 184 g/mol. The van der Waals surface area contributed by atoms with Crippen molar-refractivity contribution < 1.29 is 4.79 Å². The average Bonchev–Trinajstić information content (AvgIpc) is 1.82. The van der Waals surface area contributed by atoms with Crippen molar-refractivity contribution in [2.75, 3.05) is 5.73 Å². The molecule has 0 radical (unpaired) electrons. The topological polar surface area (TPSA) is 43.1 Å². The zero-order valence-electron chi connectivity index (χ0n) is 7.02. The van der Waals surface area contributed by atoms with E-state index in [2.05, 4.69) is 0 Å². The molecule has 0 aliphatic rings. The molecule has 0 atom stereocenters. The Kier molecular flexibility index (Phi) is 2.38. The third kappa shape index (κ3) is 1.59. The summed E-state index contributed by atoms with van der Waals surface area (Å²) in [5.41, 5.74) is 8.45. The lowest BCUT2D eigenvalue weighted by atomic mass is 10.0. The maximum atomic E-state index is 10.9. The predicted octanol–water partition coefficient (Wildman–Crippen LogP) is 2.26. The van der Waals surface area contributed by atoms with Gasteiger partial charge in [-0.25, -0.2) is 0 Å². The number of nitrogens with two attached hydrogens (primary N) is 1. The summed E-state index contributed by atoms with van der Waals surface area (Å²) >= 11 is 5.39. The van der Waals surface area contributed by atoms with E-state index in [0.29, 0.717) is 11.3 Å². The molecule has 0 amide bonds. The second-order valence-electron chi connectivity index (χ2n) is 2.80. The Labute approximate surface area is 76.3 Å². The van der Waals surface area contributed by atoms with Crippen molar-refractivity contribution in [3.05, 3.63) is 28.8 Å². The van der Waals surface area contributed by atoms with Crippen molar-refractivity contribution in [1.82, 2.24) is 0 Å². The smallest absolute Gasteiger partial charge is 0.252 e. The summed E-state index contributed by atoms with van der Waals surface area (Å²) in [7, 11) is 0. The molecule has 64 valence electrons. The first-order chi connectivity index (χ1) is 5.52. The van der Waals surface area contributed by atoms with Gasteiger partial charge in [0.05, 0.1) is 0 Å². The number of halogens is 1. The fourth-order valence-corrected chi connectivity index (χ4v) is 1.61. The first kappa shape index (κ1) is 9.07. The van der Waals surface area contributed by atoms with Gasteiger partial charge in [-0.15, -0.1) is 0 Å². The van der Waals surface area contributed by atoms with Gasteiger partial charge >= 0.3 is 0 Å². The number of carbonyl (C=O) groups is 1. The van der Waals surface area contributed by atoms with E-state index in [1.54, 1.807) is 12.1 Å². The van der Waals surface area contributed by atoms with Crippen LogP contribution in [0.2, 0.25) is 0 Å². The molecule has 0 saturated heterocycles. The van der Waals surface area contributed by atoms with Crippen LogP contribution < -0.4 is 5.73 Å². The van der Waals surface area contributed by atoms with Crippen LogP contribution in [0.15, 0.2) is 12.1 Å². The maximum absolute atomic E-state index is 10.9. The van der Waals surface area contributed by atoms with Crippen molar-refractivity contribution in [3.63, 3.8) is 0 Å². The summed E-state index contributed by atoms with van der Waals surface area (Å²) in [6.07, 6.45) is 0. The van der Waals surface area contributed by atoms with E-state index in [1.807, 2.05) is 13.8 Å². The number of carbonyl (C=O) groups excluding carboxylic acids is 1. The Morgan fingerprint density at radius 1 is 1.33 bits per heavy atom. The Balaban J connectivity index is 3.38. The van der Waals surface area contributed by atoms with E-state index in [0.717, 1.165) is 11.1 Å². The highest BCUT2D eigenvalue weighted by atomic mass is 35.5. The van der Waals surface area contributed by atoms with Crippen molar-refractivity contribution >= 4 is 22.5 Å². The van der Waals surface area contributed by atoms with Crippen LogP contribution in [0.3, 0.4) is 0 Å². The zero-order valence-corrected chi connectivity index (χ0v) is 7.77. The molecule has 1 rings (SSSR count). The largest absolute Gasteiger partial charge is 0.399 e. The van der Waals surface area contributed by atoms with E-state index < -0.39 is 5.24 Å². The number of benzene rings is 1. The van der Waals surface area contributed by atoms with Crippen molar-refractivity contribution in [3.8, 4) is 0 Å². The summed E-state index contributed by atoms with van der Waals surface area (Å²) in [6, 6.07) is 3.48. The van der Waals surface area contributed by atoms with Crippen molar-refractivity contribution in [2.45, 2.75) is 13.8 Å². The summed E-state index contributed by atoms with van der Waals surface area (Å²) in [5.74, 6) is 0. The quantitative estimate of drug-likeness (QED) is 0.536. The van der Waals surface area contributed by atoms with Gasteiger partial charge in [-0.1, -0.05) is 0 Å². The highest BCUT2D eigenvalue weighted by molar-refractivity contribution is 6.68. The van der Waals surface area contributed by atoms with Gasteiger partial charge in [0.1, 0.15) is 0 Å². The van der Waals surface area contributed by atoms with Crippen LogP contribution in [0.25, 0.3) is 0 Å². The minimum atomic E-state index is -0.426. The molecule has 2 nitrogen and oxygen atoms in total. The maximum Gasteiger partial charge on any atom is 0.252 e. The van der Waals surface area contributed by atoms with Gasteiger partial charge < -0.3 is 5.73 Å². The molecule has 0 unspecified atom stereocenters. The number of hydrogen-bond donors (Lipinski definition) is 1. The van der Waals surface area contributed by atoms with E-state index in [-0.39, 0.29) is 0 Å². The second-order valence-corrected chi connectivity index (χ2v) is 3.15. The Bertz CT molecular complexity index is 310. The lowest BCUT2D eigenvalue weighted by molar-refractivity contribution is 0.108. The first-order valence-electron chi connectivity index (χ1n) is 3.59. The highest BCUT2D eigenvalue weighted by Gasteiger charge is 2.09. The molecule has 2 N–H and O–H groups in total. The van der Waals surface area contributed by atoms with Gasteiger partial charge in [-0.05, 0) is 48.7 Å². The lowest BCUT2D eigenvalue weighted by Gasteiger charge is -2.05. The molecular weight excluding hydrogens is 174 g/mol. The zero-order chi connectivity index (χ0) is 9.30. The van der Waals surface area contributed by atoms with Crippen LogP contribution in [0, 0.1) is 13.8 Å². The van der Waals surface area contributed by atoms with Gasteiger partial charge in [0.25, 0.3) is 5.24 Å². The van der Waals surface area contributed by atoms with Crippen molar-refractivity contribution in [1.29, 1.82) is 0 Å². The van der Waals surface area contributed by atoms with Gasteiger partial charge in [0.2, 0.25) is 0 Å². The monoisotopic (exact) mass is 183 g/mol. The van der Waals surface area contributed by atoms with Crippen LogP contribution >= 0.6 is 11.6 Å². The van der Waals surface area contributed by atoms with E-state index in [1.165, 1.54) is 0 Å². The number of rotatable bonds is 1. The Morgan fingerprint density at radius 2 is 1.75 bits per heavy atom. The lowest BCUT2D eigenvalue weighted by Crippen LogP contribution is -1.99. The Morgan fingerprint density at radius 3 is 2.08 bits per heavy atom. The van der Waals surface area contributed by atoms with E-state index in [9.17, 15) is 4.79 Å². The molecule has 12 heavy (non-hydrogen) atoms. The fourth-order valence-electron chi connectivity index (χ4n) is 1.31. The third-order valence-corrected chi connectivity index (χ3v) is 1.94. The fraction of sp³-hybridized carbons (Fsp3) is 0.222. The molecule has 0 heterocycles. The normalized spacial score (nSPS) is 9.92. The minimum Gasteiger partial charge on any atom is -0.399 e. The number of nitrogen functional groups attached to an aromatic ring is 1. The molecule has 0 aliphatic carbocycles. The standard InChI is InChI=1S/C9H10ClNO/c1-5-3-7(11)4-6(2)8(5)9(10)12/h3-4H,11H2,1-2H3. The van der Waals surface area contributed by atoms with Gasteiger partial charge in [-0.2, -0.15) is 0 Å². The SMILES string of the molecule is Cc1cc(N)cc(C)c1C(=O)Cl. The number of hydrogen-bond acceptors (Lipinski definition) is 2. The summed E-state index contributed by atoms with van der Waals surface area (Å²) < 4.78 is 0. The summed E-state index contributed by atoms with van der Waals surface area (Å²) in [6.45, 7) is 3.64. The van der Waals surface area contributed by atoms with Crippen LogP contribution in [0.5, 0.6) is 0 Å². The van der Waals surface area contributed by atoms with Crippen molar-refractivity contribution in [2.24, 2.45) is 0 Å². The van der Waals surface area contributed by atoms with Gasteiger partial charge in [0.15, 0.2) is 0 Å². The van der Waals surface area contributed by atoms with E-state index in [4.69, 9.17) is 17.3 Å². The van der Waals surface area contributed by atoms with Crippen LogP contribution in [-0.4, -0.2) is 5.24 Å². The second kappa shape index (κ2) is 3.15.